The molecule has 1 aromatic carbocycles. The molecule has 1 atom stereocenters. The molecule has 0 saturated heterocycles. The van der Waals surface area contributed by atoms with E-state index in [9.17, 15) is 4.39 Å². The summed E-state index contributed by atoms with van der Waals surface area (Å²) in [6.45, 7) is 4.32. The van der Waals surface area contributed by atoms with Gasteiger partial charge in [0.05, 0.1) is 5.02 Å². The maximum atomic E-state index is 13.8. The van der Waals surface area contributed by atoms with Crippen LogP contribution in [0.25, 0.3) is 0 Å². The summed E-state index contributed by atoms with van der Waals surface area (Å²) >= 11 is 5.78. The molecule has 0 heterocycles. The Morgan fingerprint density at radius 2 is 1.83 bits per heavy atom. The molecule has 0 aromatic heterocycles. The van der Waals surface area contributed by atoms with Crippen molar-refractivity contribution in [2.24, 2.45) is 11.7 Å². The molecule has 0 bridgehead atoms. The van der Waals surface area contributed by atoms with Gasteiger partial charge >= 0.3 is 0 Å². The van der Waals surface area contributed by atoms with Crippen LogP contribution in [0.2, 0.25) is 5.02 Å². The lowest BCUT2D eigenvalue weighted by Gasteiger charge is -2.23. The van der Waals surface area contributed by atoms with Crippen LogP contribution in [0.1, 0.15) is 45.1 Å². The van der Waals surface area contributed by atoms with Crippen LogP contribution < -0.4 is 5.73 Å². The van der Waals surface area contributed by atoms with Crippen molar-refractivity contribution in [3.8, 4) is 0 Å². The Labute approximate surface area is 115 Å². The van der Waals surface area contributed by atoms with Gasteiger partial charge in [-0.3, -0.25) is 0 Å². The number of nitrogens with two attached hydrogens (primary N) is 1. The van der Waals surface area contributed by atoms with Gasteiger partial charge in [-0.25, -0.2) is 4.39 Å². The maximum Gasteiger partial charge on any atom is 0.145 e. The smallest absolute Gasteiger partial charge is 0.145 e. The van der Waals surface area contributed by atoms with Gasteiger partial charge in [0.1, 0.15) is 5.82 Å². The molecule has 0 aliphatic heterocycles. The van der Waals surface area contributed by atoms with E-state index in [-0.39, 0.29) is 16.9 Å². The van der Waals surface area contributed by atoms with Crippen LogP contribution in [-0.2, 0) is 6.42 Å². The van der Waals surface area contributed by atoms with Crippen LogP contribution in [0.3, 0.4) is 0 Å². The van der Waals surface area contributed by atoms with E-state index in [4.69, 9.17) is 17.3 Å². The number of benzene rings is 1. The van der Waals surface area contributed by atoms with Gasteiger partial charge in [-0.05, 0) is 36.8 Å². The molecule has 0 aliphatic carbocycles. The average molecular weight is 272 g/mol. The Hall–Kier alpha value is -0.600. The van der Waals surface area contributed by atoms with Gasteiger partial charge in [-0.1, -0.05) is 50.4 Å². The van der Waals surface area contributed by atoms with E-state index in [0.29, 0.717) is 17.9 Å². The Kier molecular flexibility index (Phi) is 6.66. The lowest BCUT2D eigenvalue weighted by Crippen LogP contribution is -2.32. The van der Waals surface area contributed by atoms with Crippen molar-refractivity contribution < 1.29 is 4.39 Å². The van der Waals surface area contributed by atoms with E-state index in [1.165, 1.54) is 0 Å². The number of rotatable bonds is 7. The standard InChI is InChI=1S/C15H23ClFN/c1-3-6-11(7-4-2)14(18)10-12-8-5-9-13(16)15(12)17/h5,8-9,11,14H,3-4,6-7,10,18H2,1-2H3. The molecule has 1 rings (SSSR count). The zero-order valence-corrected chi connectivity index (χ0v) is 12.0. The molecule has 0 aliphatic rings. The van der Waals surface area contributed by atoms with E-state index in [2.05, 4.69) is 13.8 Å². The minimum atomic E-state index is -0.318. The molecule has 0 fully saturated rings. The van der Waals surface area contributed by atoms with Crippen molar-refractivity contribution in [2.45, 2.75) is 52.0 Å². The van der Waals surface area contributed by atoms with Gasteiger partial charge in [-0.15, -0.1) is 0 Å². The normalized spacial score (nSPS) is 13.0. The Balaban J connectivity index is 2.72. The van der Waals surface area contributed by atoms with E-state index >= 15 is 0 Å². The minimum absolute atomic E-state index is 0.0119. The van der Waals surface area contributed by atoms with E-state index in [1.54, 1.807) is 18.2 Å². The predicted octanol–water partition coefficient (Wildman–Crippen LogP) is 4.57. The predicted molar refractivity (Wildman–Crippen MR) is 76.4 cm³/mol. The number of hydrogen-bond donors (Lipinski definition) is 1. The largest absolute Gasteiger partial charge is 0.327 e. The Bertz CT molecular complexity index is 362. The molecule has 0 saturated carbocycles. The molecule has 0 spiro atoms. The zero-order valence-electron chi connectivity index (χ0n) is 11.3. The molecule has 102 valence electrons. The zero-order chi connectivity index (χ0) is 13.5. The lowest BCUT2D eigenvalue weighted by molar-refractivity contribution is 0.357. The SMILES string of the molecule is CCCC(CCC)C(N)Cc1cccc(Cl)c1F. The van der Waals surface area contributed by atoms with Crippen LogP contribution in [0.5, 0.6) is 0 Å². The van der Waals surface area contributed by atoms with Crippen LogP contribution in [0.15, 0.2) is 18.2 Å². The van der Waals surface area contributed by atoms with Crippen LogP contribution >= 0.6 is 11.6 Å². The molecule has 1 unspecified atom stereocenters. The third kappa shape index (κ3) is 4.25. The number of hydrogen-bond acceptors (Lipinski definition) is 1. The third-order valence-corrected chi connectivity index (χ3v) is 3.70. The maximum absolute atomic E-state index is 13.8. The third-order valence-electron chi connectivity index (χ3n) is 3.41. The molecule has 1 aromatic rings. The van der Waals surface area contributed by atoms with Crippen molar-refractivity contribution >= 4 is 11.6 Å². The monoisotopic (exact) mass is 271 g/mol. The summed E-state index contributed by atoms with van der Waals surface area (Å²) in [5.74, 6) is 0.153. The van der Waals surface area contributed by atoms with Crippen molar-refractivity contribution in [1.29, 1.82) is 0 Å². The molecule has 3 heteroatoms. The molecule has 0 radical (unpaired) electrons. The summed E-state index contributed by atoms with van der Waals surface area (Å²) in [7, 11) is 0. The first-order valence-corrected chi connectivity index (χ1v) is 7.16. The van der Waals surface area contributed by atoms with Gasteiger partial charge in [-0.2, -0.15) is 0 Å². The van der Waals surface area contributed by atoms with Crippen molar-refractivity contribution in [1.82, 2.24) is 0 Å². The summed E-state index contributed by atoms with van der Waals surface area (Å²) in [6, 6.07) is 5.14. The Morgan fingerprint density at radius 3 is 2.39 bits per heavy atom. The van der Waals surface area contributed by atoms with Gasteiger partial charge in [0.15, 0.2) is 0 Å². The second kappa shape index (κ2) is 7.75. The quantitative estimate of drug-likeness (QED) is 0.773. The highest BCUT2D eigenvalue weighted by atomic mass is 35.5. The average Bonchev–Trinajstić information content (AvgIpc) is 2.34. The first-order valence-electron chi connectivity index (χ1n) is 6.78. The van der Waals surface area contributed by atoms with E-state index in [0.717, 1.165) is 25.7 Å². The van der Waals surface area contributed by atoms with Crippen LogP contribution in [0.4, 0.5) is 4.39 Å². The molecule has 18 heavy (non-hydrogen) atoms. The van der Waals surface area contributed by atoms with Gasteiger partial charge in [0.2, 0.25) is 0 Å². The van der Waals surface area contributed by atoms with Crippen LogP contribution in [0, 0.1) is 11.7 Å². The minimum Gasteiger partial charge on any atom is -0.327 e. The Morgan fingerprint density at radius 1 is 1.22 bits per heavy atom. The fourth-order valence-electron chi connectivity index (χ4n) is 2.44. The van der Waals surface area contributed by atoms with Gasteiger partial charge < -0.3 is 5.73 Å². The molecule has 2 N–H and O–H groups in total. The number of halogens is 2. The second-order valence-corrected chi connectivity index (χ2v) is 5.33. The van der Waals surface area contributed by atoms with Crippen LogP contribution in [-0.4, -0.2) is 6.04 Å². The van der Waals surface area contributed by atoms with Crippen molar-refractivity contribution in [2.75, 3.05) is 0 Å². The fraction of sp³-hybridized carbons (Fsp3) is 0.600. The highest BCUT2D eigenvalue weighted by Crippen LogP contribution is 2.23. The van der Waals surface area contributed by atoms with Gasteiger partial charge in [0, 0.05) is 6.04 Å². The molecular formula is C15H23ClFN. The van der Waals surface area contributed by atoms with Crippen molar-refractivity contribution in [3.63, 3.8) is 0 Å². The highest BCUT2D eigenvalue weighted by molar-refractivity contribution is 6.30. The highest BCUT2D eigenvalue weighted by Gasteiger charge is 2.18. The summed E-state index contributed by atoms with van der Waals surface area (Å²) < 4.78 is 13.8. The molecule has 1 nitrogen and oxygen atoms in total. The lowest BCUT2D eigenvalue weighted by atomic mass is 9.87. The fourth-order valence-corrected chi connectivity index (χ4v) is 2.63. The summed E-state index contributed by atoms with van der Waals surface area (Å²) in [4.78, 5) is 0. The molecular weight excluding hydrogens is 249 g/mol. The first kappa shape index (κ1) is 15.5. The first-order chi connectivity index (χ1) is 8.60. The van der Waals surface area contributed by atoms with E-state index < -0.39 is 0 Å². The summed E-state index contributed by atoms with van der Waals surface area (Å²) in [5.41, 5.74) is 6.86. The summed E-state index contributed by atoms with van der Waals surface area (Å²) in [5, 5.41) is 0.183. The van der Waals surface area contributed by atoms with Gasteiger partial charge in [0.25, 0.3) is 0 Å². The van der Waals surface area contributed by atoms with Crippen molar-refractivity contribution in [3.05, 3.63) is 34.6 Å². The molecule has 0 amide bonds. The second-order valence-electron chi connectivity index (χ2n) is 4.92. The summed E-state index contributed by atoms with van der Waals surface area (Å²) in [6.07, 6.45) is 5.03. The van der Waals surface area contributed by atoms with E-state index in [1.807, 2.05) is 0 Å². The topological polar surface area (TPSA) is 26.0 Å².